The van der Waals surface area contributed by atoms with Gasteiger partial charge in [0, 0.05) is 10.8 Å². The lowest BCUT2D eigenvalue weighted by Gasteiger charge is -2.58. The van der Waals surface area contributed by atoms with E-state index in [4.69, 9.17) is 0 Å². The van der Waals surface area contributed by atoms with E-state index in [0.29, 0.717) is 11.5 Å². The zero-order valence-electron chi connectivity index (χ0n) is 19.2. The number of hydrogen-bond donors (Lipinski definition) is 2. The molecule has 8 fully saturated rings. The molecule has 8 bridgehead atoms. The largest absolute Gasteiger partial charge is 0.507 e. The van der Waals surface area contributed by atoms with Gasteiger partial charge in [-0.3, -0.25) is 0 Å². The summed E-state index contributed by atoms with van der Waals surface area (Å²) in [5.74, 6) is 6.04. The van der Waals surface area contributed by atoms with Crippen molar-refractivity contribution in [3.63, 3.8) is 0 Å². The minimum Gasteiger partial charge on any atom is -0.507 e. The van der Waals surface area contributed by atoms with Crippen molar-refractivity contribution in [3.8, 4) is 11.5 Å². The van der Waals surface area contributed by atoms with Gasteiger partial charge in [0.15, 0.2) is 0 Å². The quantitative estimate of drug-likeness (QED) is 0.531. The SMILES string of the molecule is Oc1ccc(C23CC4CC(CC(C4)C2)C3)c2c(O)ccc(C34CC5CC(CC(C5)C3)C4)c12. The number of hydrogen-bond acceptors (Lipinski definition) is 2. The fraction of sp³-hybridized carbons (Fsp3) is 0.667. The highest BCUT2D eigenvalue weighted by molar-refractivity contribution is 5.99. The molecule has 0 amide bonds. The van der Waals surface area contributed by atoms with E-state index in [2.05, 4.69) is 12.1 Å². The number of phenols is 2. The monoisotopic (exact) mass is 428 g/mol. The molecule has 0 spiro atoms. The molecule has 2 N–H and O–H groups in total. The predicted octanol–water partition coefficient (Wildman–Crippen LogP) is 7.19. The number of aromatic hydroxyl groups is 2. The Balaban J connectivity index is 1.35. The molecule has 0 radical (unpaired) electrons. The van der Waals surface area contributed by atoms with Crippen LogP contribution in [0.3, 0.4) is 0 Å². The topological polar surface area (TPSA) is 40.5 Å². The first-order valence-electron chi connectivity index (χ1n) is 13.5. The van der Waals surface area contributed by atoms with Crippen LogP contribution in [0.2, 0.25) is 0 Å². The number of phenolic OH excluding ortho intramolecular Hbond substituents is 2. The van der Waals surface area contributed by atoms with Gasteiger partial charge in [0.1, 0.15) is 11.5 Å². The molecular weight excluding hydrogens is 392 g/mol. The van der Waals surface area contributed by atoms with Gasteiger partial charge in [0.2, 0.25) is 0 Å². The maximum absolute atomic E-state index is 11.3. The Morgan fingerprint density at radius 3 is 1.03 bits per heavy atom. The van der Waals surface area contributed by atoms with E-state index in [-0.39, 0.29) is 10.8 Å². The molecular formula is C30H36O2. The van der Waals surface area contributed by atoms with Crippen LogP contribution in [0.15, 0.2) is 24.3 Å². The standard InChI is InChI=1S/C30H36O2/c31-25-3-1-23(29-11-17-5-18(12-29)7-19(6-17)13-29)27-26(32)4-2-24(28(25)27)30-14-20-8-21(15-30)10-22(9-20)16-30/h1-4,17-22,31-32H,5-16H2. The zero-order valence-corrected chi connectivity index (χ0v) is 19.2. The van der Waals surface area contributed by atoms with E-state index in [1.54, 1.807) is 0 Å². The Bertz CT molecular complexity index is 968. The van der Waals surface area contributed by atoms with Gasteiger partial charge in [0.25, 0.3) is 0 Å². The molecule has 0 atom stereocenters. The van der Waals surface area contributed by atoms with E-state index in [1.165, 1.54) is 88.2 Å². The summed E-state index contributed by atoms with van der Waals surface area (Å²) in [6, 6.07) is 8.38. The van der Waals surface area contributed by atoms with Crippen LogP contribution in [0.5, 0.6) is 11.5 Å². The van der Waals surface area contributed by atoms with Crippen molar-refractivity contribution >= 4 is 10.8 Å². The molecule has 0 unspecified atom stereocenters. The van der Waals surface area contributed by atoms with E-state index in [0.717, 1.165) is 46.3 Å². The van der Waals surface area contributed by atoms with E-state index in [1.807, 2.05) is 12.1 Å². The highest BCUT2D eigenvalue weighted by Gasteiger charge is 2.54. The van der Waals surface area contributed by atoms with Crippen LogP contribution in [-0.4, -0.2) is 10.2 Å². The molecule has 168 valence electrons. The highest BCUT2D eigenvalue weighted by Crippen LogP contribution is 2.65. The minimum atomic E-state index is 0.221. The average molecular weight is 429 g/mol. The van der Waals surface area contributed by atoms with E-state index >= 15 is 0 Å². The fourth-order valence-corrected chi connectivity index (χ4v) is 11.2. The molecule has 0 aromatic heterocycles. The summed E-state index contributed by atoms with van der Waals surface area (Å²) in [6.07, 6.45) is 16.3. The Morgan fingerprint density at radius 2 is 0.750 bits per heavy atom. The van der Waals surface area contributed by atoms with Crippen LogP contribution >= 0.6 is 0 Å². The van der Waals surface area contributed by atoms with Crippen LogP contribution in [0.25, 0.3) is 10.8 Å². The first-order chi connectivity index (χ1) is 15.5. The molecule has 0 saturated heterocycles. The highest BCUT2D eigenvalue weighted by atomic mass is 16.3. The van der Waals surface area contributed by atoms with Crippen LogP contribution < -0.4 is 0 Å². The van der Waals surface area contributed by atoms with Crippen molar-refractivity contribution in [2.75, 3.05) is 0 Å². The van der Waals surface area contributed by atoms with Crippen molar-refractivity contribution in [1.29, 1.82) is 0 Å². The Morgan fingerprint density at radius 1 is 0.469 bits per heavy atom. The van der Waals surface area contributed by atoms with Gasteiger partial charge in [-0.05, 0) is 147 Å². The second-order valence-corrected chi connectivity index (χ2v) is 13.4. The van der Waals surface area contributed by atoms with Gasteiger partial charge in [-0.1, -0.05) is 12.1 Å². The Hall–Kier alpha value is -1.70. The first kappa shape index (κ1) is 18.7. The molecule has 10 rings (SSSR count). The predicted molar refractivity (Wildman–Crippen MR) is 127 cm³/mol. The molecule has 0 heterocycles. The molecule has 2 aromatic rings. The third kappa shape index (κ3) is 2.37. The summed E-state index contributed by atoms with van der Waals surface area (Å²) in [4.78, 5) is 0. The molecule has 0 aliphatic heterocycles. The fourth-order valence-electron chi connectivity index (χ4n) is 11.2. The lowest BCUT2D eigenvalue weighted by molar-refractivity contribution is -0.00529. The zero-order chi connectivity index (χ0) is 21.2. The summed E-state index contributed by atoms with van der Waals surface area (Å²) >= 11 is 0. The summed E-state index contributed by atoms with van der Waals surface area (Å²) in [6.45, 7) is 0. The molecule has 2 aromatic carbocycles. The third-order valence-corrected chi connectivity index (χ3v) is 11.3. The average Bonchev–Trinajstić information content (AvgIpc) is 2.72. The molecule has 2 heteroatoms. The second-order valence-electron chi connectivity index (χ2n) is 13.4. The normalized spacial score (nSPS) is 45.8. The van der Waals surface area contributed by atoms with Crippen molar-refractivity contribution in [2.24, 2.45) is 35.5 Å². The smallest absolute Gasteiger partial charge is 0.123 e. The number of benzene rings is 2. The van der Waals surface area contributed by atoms with Gasteiger partial charge in [0.05, 0.1) is 0 Å². The van der Waals surface area contributed by atoms with Gasteiger partial charge in [-0.15, -0.1) is 0 Å². The van der Waals surface area contributed by atoms with Crippen molar-refractivity contribution in [1.82, 2.24) is 0 Å². The van der Waals surface area contributed by atoms with Crippen LogP contribution in [0.4, 0.5) is 0 Å². The van der Waals surface area contributed by atoms with Crippen LogP contribution in [0.1, 0.15) is 88.2 Å². The van der Waals surface area contributed by atoms with Gasteiger partial charge in [-0.25, -0.2) is 0 Å². The summed E-state index contributed by atoms with van der Waals surface area (Å²) in [5.41, 5.74) is 3.18. The van der Waals surface area contributed by atoms with E-state index < -0.39 is 0 Å². The number of fused-ring (bicyclic) bond motifs is 1. The maximum Gasteiger partial charge on any atom is 0.123 e. The molecule has 8 aliphatic rings. The summed E-state index contributed by atoms with van der Waals surface area (Å²) in [5, 5.41) is 24.6. The number of rotatable bonds is 2. The van der Waals surface area contributed by atoms with E-state index in [9.17, 15) is 10.2 Å². The van der Waals surface area contributed by atoms with Crippen molar-refractivity contribution in [2.45, 2.75) is 87.9 Å². The molecule has 8 saturated carbocycles. The van der Waals surface area contributed by atoms with Crippen LogP contribution in [0, 0.1) is 35.5 Å². The van der Waals surface area contributed by atoms with Gasteiger partial charge >= 0.3 is 0 Å². The van der Waals surface area contributed by atoms with Crippen molar-refractivity contribution in [3.05, 3.63) is 35.4 Å². The lowest BCUT2D eigenvalue weighted by Crippen LogP contribution is -2.49. The minimum absolute atomic E-state index is 0.221. The summed E-state index contributed by atoms with van der Waals surface area (Å²) in [7, 11) is 0. The molecule has 2 nitrogen and oxygen atoms in total. The second kappa shape index (κ2) is 6.05. The summed E-state index contributed by atoms with van der Waals surface area (Å²) < 4.78 is 0. The lowest BCUT2D eigenvalue weighted by atomic mass is 9.47. The van der Waals surface area contributed by atoms with Crippen molar-refractivity contribution < 1.29 is 10.2 Å². The van der Waals surface area contributed by atoms with Crippen LogP contribution in [-0.2, 0) is 10.8 Å². The van der Waals surface area contributed by atoms with Gasteiger partial charge in [-0.2, -0.15) is 0 Å². The first-order valence-corrected chi connectivity index (χ1v) is 13.5. The third-order valence-electron chi connectivity index (χ3n) is 11.3. The maximum atomic E-state index is 11.3. The molecule has 32 heavy (non-hydrogen) atoms. The van der Waals surface area contributed by atoms with Gasteiger partial charge < -0.3 is 10.2 Å². The Kier molecular flexibility index (Phi) is 3.53. The molecule has 8 aliphatic carbocycles. The Labute approximate surface area is 191 Å².